The molecule has 0 aliphatic carbocycles. The zero-order valence-electron chi connectivity index (χ0n) is 12.0. The van der Waals surface area contributed by atoms with E-state index >= 15 is 0 Å². The van der Waals surface area contributed by atoms with Gasteiger partial charge in [0.05, 0.1) is 17.4 Å². The zero-order chi connectivity index (χ0) is 16.4. The molecule has 3 rings (SSSR count). The Morgan fingerprint density at radius 2 is 1.74 bits per heavy atom. The van der Waals surface area contributed by atoms with Gasteiger partial charge in [-0.1, -0.05) is 18.2 Å². The van der Waals surface area contributed by atoms with Crippen molar-refractivity contribution >= 4 is 5.78 Å². The van der Waals surface area contributed by atoms with Crippen molar-refractivity contribution in [2.75, 3.05) is 0 Å². The summed E-state index contributed by atoms with van der Waals surface area (Å²) >= 11 is 0. The summed E-state index contributed by atoms with van der Waals surface area (Å²) in [5, 5.41) is 32.7. The first-order chi connectivity index (χ1) is 11.1. The lowest BCUT2D eigenvalue weighted by atomic mass is 10.0. The minimum absolute atomic E-state index is 0.0185. The van der Waals surface area contributed by atoms with Crippen molar-refractivity contribution in [3.8, 4) is 22.9 Å². The van der Waals surface area contributed by atoms with Gasteiger partial charge in [-0.15, -0.1) is 0 Å². The number of hydrogen-bond acceptors (Lipinski definition) is 5. The molecule has 0 fully saturated rings. The molecule has 3 aromatic rings. The number of ketones is 1. The second-order valence-electron chi connectivity index (χ2n) is 5.06. The number of para-hydroxylation sites is 1. The third kappa shape index (κ3) is 2.87. The van der Waals surface area contributed by atoms with Crippen LogP contribution in [0.15, 0.2) is 54.9 Å². The first-order valence-corrected chi connectivity index (χ1v) is 6.92. The smallest absolute Gasteiger partial charge is 0.201 e. The Labute approximate surface area is 131 Å². The molecule has 0 bridgehead atoms. The molecule has 1 aromatic heterocycles. The highest BCUT2D eigenvalue weighted by molar-refractivity contribution is 6.00. The Kier molecular flexibility index (Phi) is 3.72. The van der Waals surface area contributed by atoms with Crippen LogP contribution in [0.25, 0.3) is 5.69 Å². The van der Waals surface area contributed by atoms with E-state index in [0.717, 1.165) is 11.8 Å². The molecule has 6 heteroatoms. The maximum atomic E-state index is 12.3. The quantitative estimate of drug-likeness (QED) is 0.508. The molecule has 0 amide bonds. The number of benzene rings is 2. The van der Waals surface area contributed by atoms with Gasteiger partial charge in [0.1, 0.15) is 0 Å². The molecular weight excluding hydrogens is 296 g/mol. The second kappa shape index (κ2) is 5.84. The number of aromatic nitrogens is 2. The fraction of sp³-hybridized carbons (Fsp3) is 0.0588. The summed E-state index contributed by atoms with van der Waals surface area (Å²) in [4.78, 5) is 12.3. The number of phenolic OH excluding ortho intramolecular Hbond substituents is 3. The van der Waals surface area contributed by atoms with E-state index < -0.39 is 17.2 Å². The number of carbonyl (C=O) groups is 1. The largest absolute Gasteiger partial charge is 0.504 e. The molecule has 0 radical (unpaired) electrons. The summed E-state index contributed by atoms with van der Waals surface area (Å²) in [7, 11) is 0. The third-order valence-corrected chi connectivity index (χ3v) is 3.45. The summed E-state index contributed by atoms with van der Waals surface area (Å²) in [6.07, 6.45) is 3.32. The van der Waals surface area contributed by atoms with E-state index in [1.54, 1.807) is 17.1 Å². The molecular formula is C17H14N2O4. The normalized spacial score (nSPS) is 10.6. The van der Waals surface area contributed by atoms with Gasteiger partial charge in [0, 0.05) is 12.6 Å². The van der Waals surface area contributed by atoms with Crippen LogP contribution in [0.5, 0.6) is 17.2 Å². The summed E-state index contributed by atoms with van der Waals surface area (Å²) in [5.74, 6) is -2.18. The van der Waals surface area contributed by atoms with Gasteiger partial charge in [-0.05, 0) is 29.8 Å². The topological polar surface area (TPSA) is 95.6 Å². The van der Waals surface area contributed by atoms with E-state index in [1.807, 2.05) is 30.3 Å². The summed E-state index contributed by atoms with van der Waals surface area (Å²) in [6.45, 7) is 0. The van der Waals surface area contributed by atoms with Gasteiger partial charge in [0.25, 0.3) is 0 Å². The van der Waals surface area contributed by atoms with Gasteiger partial charge >= 0.3 is 0 Å². The molecule has 0 aliphatic heterocycles. The van der Waals surface area contributed by atoms with Gasteiger partial charge in [0.2, 0.25) is 5.75 Å². The van der Waals surface area contributed by atoms with E-state index in [1.165, 1.54) is 6.07 Å². The van der Waals surface area contributed by atoms with Gasteiger partial charge in [-0.25, -0.2) is 4.68 Å². The third-order valence-electron chi connectivity index (χ3n) is 3.45. The van der Waals surface area contributed by atoms with Crippen molar-refractivity contribution < 1.29 is 20.1 Å². The number of hydrogen-bond donors (Lipinski definition) is 3. The molecule has 3 N–H and O–H groups in total. The van der Waals surface area contributed by atoms with Crippen LogP contribution in [-0.4, -0.2) is 30.9 Å². The van der Waals surface area contributed by atoms with Crippen molar-refractivity contribution in [1.82, 2.24) is 9.78 Å². The summed E-state index contributed by atoms with van der Waals surface area (Å²) in [5.41, 5.74) is 1.50. The van der Waals surface area contributed by atoms with Crippen molar-refractivity contribution in [3.63, 3.8) is 0 Å². The fourth-order valence-electron chi connectivity index (χ4n) is 2.25. The maximum absolute atomic E-state index is 12.3. The van der Waals surface area contributed by atoms with E-state index in [-0.39, 0.29) is 17.8 Å². The van der Waals surface area contributed by atoms with Crippen LogP contribution < -0.4 is 0 Å². The Bertz CT molecular complexity index is 856. The lowest BCUT2D eigenvalue weighted by Crippen LogP contribution is -2.03. The highest BCUT2D eigenvalue weighted by atomic mass is 16.3. The molecule has 0 spiro atoms. The molecule has 0 aliphatic rings. The highest BCUT2D eigenvalue weighted by Crippen LogP contribution is 2.37. The van der Waals surface area contributed by atoms with Crippen LogP contribution in [0.3, 0.4) is 0 Å². The van der Waals surface area contributed by atoms with E-state index in [0.29, 0.717) is 5.56 Å². The minimum atomic E-state index is -0.698. The van der Waals surface area contributed by atoms with Gasteiger partial charge < -0.3 is 15.3 Å². The lowest BCUT2D eigenvalue weighted by Gasteiger charge is -2.06. The number of rotatable bonds is 4. The van der Waals surface area contributed by atoms with Crippen LogP contribution >= 0.6 is 0 Å². The fourth-order valence-corrected chi connectivity index (χ4v) is 2.25. The average Bonchev–Trinajstić information content (AvgIpc) is 3.02. The Morgan fingerprint density at radius 1 is 1.00 bits per heavy atom. The zero-order valence-corrected chi connectivity index (χ0v) is 12.0. The molecule has 1 heterocycles. The number of carbonyl (C=O) groups excluding carboxylic acids is 1. The lowest BCUT2D eigenvalue weighted by molar-refractivity contribution is 0.0989. The first kappa shape index (κ1) is 14.6. The minimum Gasteiger partial charge on any atom is -0.504 e. The van der Waals surface area contributed by atoms with Gasteiger partial charge in [0.15, 0.2) is 17.3 Å². The van der Waals surface area contributed by atoms with E-state index in [4.69, 9.17) is 0 Å². The number of aromatic hydroxyl groups is 3. The van der Waals surface area contributed by atoms with E-state index in [9.17, 15) is 20.1 Å². The first-order valence-electron chi connectivity index (χ1n) is 6.92. The summed E-state index contributed by atoms with van der Waals surface area (Å²) in [6, 6.07) is 11.9. The number of nitrogens with zero attached hydrogens (tertiary/aromatic N) is 2. The molecule has 0 atom stereocenters. The van der Waals surface area contributed by atoms with Crippen molar-refractivity contribution in [3.05, 3.63) is 66.0 Å². The molecule has 2 aromatic carbocycles. The molecule has 116 valence electrons. The molecule has 6 nitrogen and oxygen atoms in total. The van der Waals surface area contributed by atoms with Crippen LogP contribution in [0.2, 0.25) is 0 Å². The monoisotopic (exact) mass is 310 g/mol. The molecule has 0 saturated carbocycles. The van der Waals surface area contributed by atoms with Crippen LogP contribution in [0.1, 0.15) is 15.9 Å². The number of phenols is 3. The van der Waals surface area contributed by atoms with Gasteiger partial charge in [-0.3, -0.25) is 4.79 Å². The second-order valence-corrected chi connectivity index (χ2v) is 5.06. The Hall–Kier alpha value is -3.28. The van der Waals surface area contributed by atoms with Crippen LogP contribution in [0, 0.1) is 0 Å². The van der Waals surface area contributed by atoms with Crippen LogP contribution in [-0.2, 0) is 6.42 Å². The number of Topliss-reactive ketones (excluding diaryl/α,β-unsaturated/α-hetero) is 1. The Morgan fingerprint density at radius 3 is 2.48 bits per heavy atom. The van der Waals surface area contributed by atoms with Gasteiger partial charge in [-0.2, -0.15) is 5.10 Å². The van der Waals surface area contributed by atoms with Crippen molar-refractivity contribution in [2.45, 2.75) is 6.42 Å². The van der Waals surface area contributed by atoms with Crippen LogP contribution in [0.4, 0.5) is 0 Å². The Balaban J connectivity index is 1.82. The summed E-state index contributed by atoms with van der Waals surface area (Å²) < 4.78 is 1.65. The molecule has 23 heavy (non-hydrogen) atoms. The van der Waals surface area contributed by atoms with Crippen molar-refractivity contribution in [1.29, 1.82) is 0 Å². The predicted molar refractivity (Wildman–Crippen MR) is 83.0 cm³/mol. The SMILES string of the molecule is O=C(Cc1cnn(-c2ccccc2)c1)c1ccc(O)c(O)c1O. The molecule has 0 unspecified atom stereocenters. The van der Waals surface area contributed by atoms with E-state index in [2.05, 4.69) is 5.10 Å². The highest BCUT2D eigenvalue weighted by Gasteiger charge is 2.18. The maximum Gasteiger partial charge on any atom is 0.201 e. The molecule has 0 saturated heterocycles. The standard InChI is InChI=1S/C17H14N2O4/c20-14-7-6-13(16(22)17(14)23)15(21)8-11-9-18-19(10-11)12-4-2-1-3-5-12/h1-7,9-10,20,22-23H,8H2. The average molecular weight is 310 g/mol. The van der Waals surface area contributed by atoms with Crippen molar-refractivity contribution in [2.24, 2.45) is 0 Å². The predicted octanol–water partition coefficient (Wildman–Crippen LogP) is 2.41.